The number of hydrogen-bond donors (Lipinski definition) is 3. The number of fused-ring (bicyclic) bond motifs is 1. The van der Waals surface area contributed by atoms with Gasteiger partial charge < -0.3 is 24.7 Å². The Kier molecular flexibility index (Phi) is 4.84. The SMILES string of the molecule is CN(C)C(=O)C(=O)N[C@@H](Cc1coc2ccccc12)B(O)O. The zero-order chi connectivity index (χ0) is 16.3. The minimum absolute atomic E-state index is 0.126. The summed E-state index contributed by atoms with van der Waals surface area (Å²) in [6.07, 6.45) is 1.63. The van der Waals surface area contributed by atoms with E-state index in [-0.39, 0.29) is 6.42 Å². The summed E-state index contributed by atoms with van der Waals surface area (Å²) in [7, 11) is 1.08. The third-order valence-corrected chi connectivity index (χ3v) is 3.28. The molecule has 1 heterocycles. The van der Waals surface area contributed by atoms with Gasteiger partial charge in [-0.25, -0.2) is 0 Å². The smallest absolute Gasteiger partial charge is 0.464 e. The van der Waals surface area contributed by atoms with Crippen molar-refractivity contribution in [3.05, 3.63) is 36.1 Å². The van der Waals surface area contributed by atoms with Gasteiger partial charge in [-0.2, -0.15) is 0 Å². The van der Waals surface area contributed by atoms with Crippen LogP contribution >= 0.6 is 0 Å². The molecule has 2 rings (SSSR count). The maximum absolute atomic E-state index is 11.7. The molecule has 0 spiro atoms. The van der Waals surface area contributed by atoms with Gasteiger partial charge in [0.1, 0.15) is 5.58 Å². The van der Waals surface area contributed by atoms with Crippen LogP contribution in [0.5, 0.6) is 0 Å². The molecule has 0 fully saturated rings. The Bertz CT molecular complexity index is 683. The molecule has 0 bridgehead atoms. The van der Waals surface area contributed by atoms with Gasteiger partial charge in [0, 0.05) is 19.5 Å². The Labute approximate surface area is 127 Å². The highest BCUT2D eigenvalue weighted by molar-refractivity contribution is 6.45. The average Bonchev–Trinajstić information content (AvgIpc) is 2.88. The van der Waals surface area contributed by atoms with Crippen molar-refractivity contribution in [2.75, 3.05) is 14.1 Å². The minimum Gasteiger partial charge on any atom is -0.464 e. The Morgan fingerprint density at radius 3 is 2.64 bits per heavy atom. The first-order chi connectivity index (χ1) is 10.4. The van der Waals surface area contributed by atoms with Gasteiger partial charge in [0.25, 0.3) is 0 Å². The number of nitrogens with one attached hydrogen (secondary N) is 1. The van der Waals surface area contributed by atoms with Gasteiger partial charge >= 0.3 is 18.9 Å². The quantitative estimate of drug-likeness (QED) is 0.525. The van der Waals surface area contributed by atoms with Crippen LogP contribution in [0.4, 0.5) is 0 Å². The molecule has 2 amide bonds. The highest BCUT2D eigenvalue weighted by atomic mass is 16.4. The predicted molar refractivity (Wildman–Crippen MR) is 80.7 cm³/mol. The van der Waals surface area contributed by atoms with Gasteiger partial charge in [-0.05, 0) is 18.1 Å². The number of hydrogen-bond acceptors (Lipinski definition) is 5. The first kappa shape index (κ1) is 16.1. The van der Waals surface area contributed by atoms with Crippen molar-refractivity contribution in [2.45, 2.75) is 12.4 Å². The third kappa shape index (κ3) is 3.47. The van der Waals surface area contributed by atoms with Crippen LogP contribution in [0.1, 0.15) is 5.56 Å². The molecule has 8 heteroatoms. The predicted octanol–water partition coefficient (Wildman–Crippen LogP) is -0.440. The second-order valence-electron chi connectivity index (χ2n) is 5.15. The van der Waals surface area contributed by atoms with Crippen molar-refractivity contribution in [3.8, 4) is 0 Å². The summed E-state index contributed by atoms with van der Waals surface area (Å²) in [5.74, 6) is -2.67. The maximum Gasteiger partial charge on any atom is 0.475 e. The minimum atomic E-state index is -1.80. The molecule has 1 aromatic heterocycles. The van der Waals surface area contributed by atoms with E-state index in [1.807, 2.05) is 18.2 Å². The molecule has 116 valence electrons. The second kappa shape index (κ2) is 6.63. The Morgan fingerprint density at radius 2 is 2.00 bits per heavy atom. The number of nitrogens with zero attached hydrogens (tertiary/aromatic N) is 1. The Hall–Kier alpha value is -2.32. The van der Waals surface area contributed by atoms with Crippen molar-refractivity contribution >= 4 is 29.9 Å². The van der Waals surface area contributed by atoms with E-state index in [2.05, 4.69) is 5.32 Å². The number of amides is 2. The zero-order valence-corrected chi connectivity index (χ0v) is 12.3. The molecule has 0 radical (unpaired) electrons. The number of carbonyl (C=O) groups is 2. The molecule has 0 unspecified atom stereocenters. The van der Waals surface area contributed by atoms with E-state index in [9.17, 15) is 19.6 Å². The average molecular weight is 304 g/mol. The lowest BCUT2D eigenvalue weighted by Crippen LogP contribution is -2.51. The topological polar surface area (TPSA) is 103 Å². The number of furan rings is 1. The van der Waals surface area contributed by atoms with Crippen LogP contribution in [0, 0.1) is 0 Å². The molecular weight excluding hydrogens is 287 g/mol. The van der Waals surface area contributed by atoms with Gasteiger partial charge in [-0.3, -0.25) is 9.59 Å². The number of rotatable bonds is 4. The van der Waals surface area contributed by atoms with Crippen molar-refractivity contribution in [1.29, 1.82) is 0 Å². The van der Waals surface area contributed by atoms with E-state index in [4.69, 9.17) is 4.42 Å². The molecule has 0 aliphatic carbocycles. The summed E-state index contributed by atoms with van der Waals surface area (Å²) < 4.78 is 5.37. The number of carbonyl (C=O) groups excluding carboxylic acids is 2. The summed E-state index contributed by atoms with van der Waals surface area (Å²) in [6, 6.07) is 7.28. The molecule has 1 atom stereocenters. The number of benzene rings is 1. The molecular formula is C14H17BN2O5. The standard InChI is InChI=1S/C14H17BN2O5/c1-17(2)14(19)13(18)16-12(15(20)21)7-9-8-22-11-6-4-3-5-10(9)11/h3-6,8,12,20-21H,7H2,1-2H3,(H,16,18)/t12-/m0/s1. The molecule has 7 nitrogen and oxygen atoms in total. The lowest BCUT2D eigenvalue weighted by molar-refractivity contribution is -0.144. The van der Waals surface area contributed by atoms with Crippen molar-refractivity contribution in [2.24, 2.45) is 0 Å². The Balaban J connectivity index is 2.16. The van der Waals surface area contributed by atoms with Crippen molar-refractivity contribution < 1.29 is 24.1 Å². The van der Waals surface area contributed by atoms with E-state index >= 15 is 0 Å². The Morgan fingerprint density at radius 1 is 1.32 bits per heavy atom. The fraction of sp³-hybridized carbons (Fsp3) is 0.286. The lowest BCUT2D eigenvalue weighted by atomic mass is 9.76. The number of para-hydroxylation sites is 1. The number of likely N-dealkylation sites (N-methyl/N-ethyl adjacent to an activating group) is 1. The van der Waals surface area contributed by atoms with Crippen LogP contribution in [0.3, 0.4) is 0 Å². The van der Waals surface area contributed by atoms with E-state index in [0.29, 0.717) is 11.1 Å². The van der Waals surface area contributed by atoms with Gasteiger partial charge in [0.05, 0.1) is 12.2 Å². The van der Waals surface area contributed by atoms with E-state index in [0.717, 1.165) is 10.3 Å². The summed E-state index contributed by atoms with van der Waals surface area (Å²) in [5, 5.41) is 22.0. The first-order valence-corrected chi connectivity index (χ1v) is 6.73. The maximum atomic E-state index is 11.7. The van der Waals surface area contributed by atoms with E-state index < -0.39 is 24.9 Å². The van der Waals surface area contributed by atoms with Gasteiger partial charge in [-0.15, -0.1) is 0 Å². The van der Waals surface area contributed by atoms with Crippen LogP contribution < -0.4 is 5.32 Å². The molecule has 0 aliphatic rings. The first-order valence-electron chi connectivity index (χ1n) is 6.73. The largest absolute Gasteiger partial charge is 0.475 e. The normalized spacial score (nSPS) is 12.0. The molecule has 3 N–H and O–H groups in total. The zero-order valence-electron chi connectivity index (χ0n) is 12.3. The van der Waals surface area contributed by atoms with Crippen LogP contribution in [0.2, 0.25) is 0 Å². The molecule has 1 aromatic carbocycles. The fourth-order valence-electron chi connectivity index (χ4n) is 2.09. The van der Waals surface area contributed by atoms with Gasteiger partial charge in [0.2, 0.25) is 0 Å². The highest BCUT2D eigenvalue weighted by Gasteiger charge is 2.29. The monoisotopic (exact) mass is 304 g/mol. The van der Waals surface area contributed by atoms with Crippen LogP contribution in [0.15, 0.2) is 34.9 Å². The summed E-state index contributed by atoms with van der Waals surface area (Å²) in [4.78, 5) is 24.4. The summed E-state index contributed by atoms with van der Waals surface area (Å²) >= 11 is 0. The molecule has 0 saturated carbocycles. The van der Waals surface area contributed by atoms with Crippen molar-refractivity contribution in [1.82, 2.24) is 10.2 Å². The summed E-state index contributed by atoms with van der Waals surface area (Å²) in [5.41, 5.74) is 1.38. The van der Waals surface area contributed by atoms with E-state index in [1.54, 1.807) is 6.07 Å². The van der Waals surface area contributed by atoms with Crippen LogP contribution in [0.25, 0.3) is 11.0 Å². The van der Waals surface area contributed by atoms with E-state index in [1.165, 1.54) is 20.4 Å². The molecule has 0 saturated heterocycles. The molecule has 2 aromatic rings. The van der Waals surface area contributed by atoms with Gasteiger partial charge in [0.15, 0.2) is 0 Å². The highest BCUT2D eigenvalue weighted by Crippen LogP contribution is 2.22. The molecule has 22 heavy (non-hydrogen) atoms. The summed E-state index contributed by atoms with van der Waals surface area (Å²) in [6.45, 7) is 0. The lowest BCUT2D eigenvalue weighted by Gasteiger charge is -2.18. The van der Waals surface area contributed by atoms with Crippen molar-refractivity contribution in [3.63, 3.8) is 0 Å². The van der Waals surface area contributed by atoms with Crippen LogP contribution in [-0.2, 0) is 16.0 Å². The molecule has 0 aliphatic heterocycles. The fourth-order valence-corrected chi connectivity index (χ4v) is 2.09. The van der Waals surface area contributed by atoms with Crippen LogP contribution in [-0.4, -0.2) is 53.9 Å². The second-order valence-corrected chi connectivity index (χ2v) is 5.15. The van der Waals surface area contributed by atoms with Gasteiger partial charge in [-0.1, -0.05) is 18.2 Å². The third-order valence-electron chi connectivity index (χ3n) is 3.28.